The standard InChI is InChI=1S/C19H20O5/c1-22-16-10-18(24-3)17(23-2)9-15(16)12-5-4-11-6-14(19(20)21)8-13(11)7-12/h4-5,7,9-10,14H,6,8H2,1-3H3,(H,20,21). The summed E-state index contributed by atoms with van der Waals surface area (Å²) in [5, 5.41) is 9.23. The van der Waals surface area contributed by atoms with Gasteiger partial charge in [-0.25, -0.2) is 0 Å². The van der Waals surface area contributed by atoms with E-state index in [1.807, 2.05) is 24.3 Å². The van der Waals surface area contributed by atoms with Gasteiger partial charge in [0.05, 0.1) is 27.2 Å². The number of fused-ring (bicyclic) bond motifs is 1. The van der Waals surface area contributed by atoms with Crippen molar-refractivity contribution in [3.8, 4) is 28.4 Å². The second-order valence-corrected chi connectivity index (χ2v) is 5.83. The van der Waals surface area contributed by atoms with Gasteiger partial charge in [0.2, 0.25) is 0 Å². The Morgan fingerprint density at radius 2 is 1.54 bits per heavy atom. The molecule has 0 saturated carbocycles. The molecule has 126 valence electrons. The molecule has 0 saturated heterocycles. The lowest BCUT2D eigenvalue weighted by Gasteiger charge is -2.15. The first-order chi connectivity index (χ1) is 11.6. The molecule has 1 N–H and O–H groups in total. The number of hydrogen-bond donors (Lipinski definition) is 1. The Hall–Kier alpha value is -2.69. The molecule has 5 nitrogen and oxygen atoms in total. The molecule has 1 aliphatic carbocycles. The highest BCUT2D eigenvalue weighted by Gasteiger charge is 2.27. The third-order valence-corrected chi connectivity index (χ3v) is 4.50. The number of benzene rings is 2. The van der Waals surface area contributed by atoms with Gasteiger partial charge in [-0.2, -0.15) is 0 Å². The van der Waals surface area contributed by atoms with E-state index < -0.39 is 5.97 Å². The number of ether oxygens (including phenoxy) is 3. The average molecular weight is 328 g/mol. The zero-order valence-electron chi connectivity index (χ0n) is 14.0. The van der Waals surface area contributed by atoms with Crippen molar-refractivity contribution in [3.63, 3.8) is 0 Å². The number of carboxylic acids is 1. The Morgan fingerprint density at radius 3 is 2.17 bits per heavy atom. The number of carboxylic acid groups (broad SMARTS) is 1. The summed E-state index contributed by atoms with van der Waals surface area (Å²) in [4.78, 5) is 11.2. The number of methoxy groups -OCH3 is 3. The second-order valence-electron chi connectivity index (χ2n) is 5.83. The van der Waals surface area contributed by atoms with Crippen molar-refractivity contribution < 1.29 is 24.1 Å². The second kappa shape index (κ2) is 6.43. The first-order valence-corrected chi connectivity index (χ1v) is 7.72. The summed E-state index contributed by atoms with van der Waals surface area (Å²) < 4.78 is 16.2. The maximum absolute atomic E-state index is 11.2. The van der Waals surface area contributed by atoms with E-state index in [9.17, 15) is 9.90 Å². The maximum Gasteiger partial charge on any atom is 0.307 e. The number of aliphatic carboxylic acids is 1. The van der Waals surface area contributed by atoms with Gasteiger partial charge < -0.3 is 19.3 Å². The van der Waals surface area contributed by atoms with Gasteiger partial charge >= 0.3 is 5.97 Å². The van der Waals surface area contributed by atoms with Crippen LogP contribution >= 0.6 is 0 Å². The quantitative estimate of drug-likeness (QED) is 0.913. The van der Waals surface area contributed by atoms with Crippen LogP contribution < -0.4 is 14.2 Å². The topological polar surface area (TPSA) is 65.0 Å². The predicted molar refractivity (Wildman–Crippen MR) is 90.1 cm³/mol. The summed E-state index contributed by atoms with van der Waals surface area (Å²) in [5.74, 6) is 0.835. The summed E-state index contributed by atoms with van der Waals surface area (Å²) in [5.41, 5.74) is 4.04. The van der Waals surface area contributed by atoms with Gasteiger partial charge in [-0.15, -0.1) is 0 Å². The van der Waals surface area contributed by atoms with Gasteiger partial charge in [0.15, 0.2) is 11.5 Å². The van der Waals surface area contributed by atoms with E-state index in [0.717, 1.165) is 22.3 Å². The molecule has 1 aliphatic rings. The molecule has 5 heteroatoms. The molecule has 0 radical (unpaired) electrons. The molecule has 0 heterocycles. The maximum atomic E-state index is 11.2. The normalized spacial score (nSPS) is 15.7. The van der Waals surface area contributed by atoms with E-state index in [-0.39, 0.29) is 5.92 Å². The van der Waals surface area contributed by atoms with E-state index in [2.05, 4.69) is 0 Å². The Morgan fingerprint density at radius 1 is 0.917 bits per heavy atom. The van der Waals surface area contributed by atoms with E-state index in [4.69, 9.17) is 14.2 Å². The summed E-state index contributed by atoms with van der Waals surface area (Å²) >= 11 is 0. The molecule has 0 aromatic heterocycles. The van der Waals surface area contributed by atoms with Crippen molar-refractivity contribution in [2.45, 2.75) is 12.8 Å². The third kappa shape index (κ3) is 2.77. The van der Waals surface area contributed by atoms with Crippen molar-refractivity contribution in [2.24, 2.45) is 5.92 Å². The smallest absolute Gasteiger partial charge is 0.307 e. The minimum Gasteiger partial charge on any atom is -0.496 e. The first kappa shape index (κ1) is 16.2. The molecule has 24 heavy (non-hydrogen) atoms. The zero-order valence-corrected chi connectivity index (χ0v) is 14.0. The molecule has 0 aliphatic heterocycles. The molecule has 2 aromatic rings. The number of hydrogen-bond acceptors (Lipinski definition) is 4. The van der Waals surface area contributed by atoms with Gasteiger partial charge in [-0.1, -0.05) is 18.2 Å². The van der Waals surface area contributed by atoms with Crippen LogP contribution in [0, 0.1) is 5.92 Å². The molecule has 2 aromatic carbocycles. The minimum absolute atomic E-state index is 0.331. The lowest BCUT2D eigenvalue weighted by atomic mass is 9.99. The molecule has 0 fully saturated rings. The van der Waals surface area contributed by atoms with Crippen molar-refractivity contribution in [1.29, 1.82) is 0 Å². The summed E-state index contributed by atoms with van der Waals surface area (Å²) in [6, 6.07) is 9.71. The van der Waals surface area contributed by atoms with Crippen LogP contribution in [0.3, 0.4) is 0 Å². The Bertz CT molecular complexity index is 782. The SMILES string of the molecule is COc1cc(OC)c(-c2ccc3c(c2)CC(C(=O)O)C3)cc1OC. The van der Waals surface area contributed by atoms with Crippen LogP contribution in [-0.4, -0.2) is 32.4 Å². The van der Waals surface area contributed by atoms with Crippen LogP contribution in [0.5, 0.6) is 17.2 Å². The van der Waals surface area contributed by atoms with Gasteiger partial charge in [0.1, 0.15) is 5.75 Å². The fraction of sp³-hybridized carbons (Fsp3) is 0.316. The Kier molecular flexibility index (Phi) is 4.34. The van der Waals surface area contributed by atoms with Crippen molar-refractivity contribution >= 4 is 5.97 Å². The lowest BCUT2D eigenvalue weighted by Crippen LogP contribution is -2.12. The summed E-state index contributed by atoms with van der Waals surface area (Å²) in [6.45, 7) is 0. The van der Waals surface area contributed by atoms with Crippen molar-refractivity contribution in [2.75, 3.05) is 21.3 Å². The van der Waals surface area contributed by atoms with E-state index in [0.29, 0.717) is 30.1 Å². The fourth-order valence-electron chi connectivity index (χ4n) is 3.22. The van der Waals surface area contributed by atoms with E-state index in [1.165, 1.54) is 0 Å². The Balaban J connectivity index is 2.04. The van der Waals surface area contributed by atoms with Crippen molar-refractivity contribution in [1.82, 2.24) is 0 Å². The molecular weight excluding hydrogens is 308 g/mol. The summed E-state index contributed by atoms with van der Waals surface area (Å²) in [6.07, 6.45) is 1.15. The van der Waals surface area contributed by atoms with Crippen LogP contribution in [0.15, 0.2) is 30.3 Å². The lowest BCUT2D eigenvalue weighted by molar-refractivity contribution is -0.141. The molecule has 0 spiro atoms. The van der Waals surface area contributed by atoms with E-state index in [1.54, 1.807) is 27.4 Å². The molecular formula is C19H20O5. The van der Waals surface area contributed by atoms with E-state index >= 15 is 0 Å². The Labute approximate surface area is 140 Å². The van der Waals surface area contributed by atoms with Crippen LogP contribution in [-0.2, 0) is 17.6 Å². The van der Waals surface area contributed by atoms with Gasteiger partial charge in [-0.3, -0.25) is 4.79 Å². The summed E-state index contributed by atoms with van der Waals surface area (Å²) in [7, 11) is 4.78. The first-order valence-electron chi connectivity index (χ1n) is 7.72. The minimum atomic E-state index is -0.739. The largest absolute Gasteiger partial charge is 0.496 e. The predicted octanol–water partition coefficient (Wildman–Crippen LogP) is 3.18. The number of rotatable bonds is 5. The highest BCUT2D eigenvalue weighted by molar-refractivity contribution is 5.77. The molecule has 1 unspecified atom stereocenters. The molecule has 1 atom stereocenters. The van der Waals surface area contributed by atoms with Crippen LogP contribution in [0.2, 0.25) is 0 Å². The average Bonchev–Trinajstić information content (AvgIpc) is 3.04. The molecule has 0 bridgehead atoms. The fourth-order valence-corrected chi connectivity index (χ4v) is 3.22. The van der Waals surface area contributed by atoms with Crippen molar-refractivity contribution in [3.05, 3.63) is 41.5 Å². The highest BCUT2D eigenvalue weighted by Crippen LogP contribution is 2.41. The zero-order chi connectivity index (χ0) is 17.3. The monoisotopic (exact) mass is 328 g/mol. The van der Waals surface area contributed by atoms with Gasteiger partial charge in [0, 0.05) is 11.6 Å². The molecule has 3 rings (SSSR count). The third-order valence-electron chi connectivity index (χ3n) is 4.50. The van der Waals surface area contributed by atoms with Crippen LogP contribution in [0.1, 0.15) is 11.1 Å². The number of carbonyl (C=O) groups is 1. The van der Waals surface area contributed by atoms with Crippen LogP contribution in [0.4, 0.5) is 0 Å². The molecule has 0 amide bonds. The highest BCUT2D eigenvalue weighted by atomic mass is 16.5. The van der Waals surface area contributed by atoms with Gasteiger partial charge in [-0.05, 0) is 35.6 Å². The van der Waals surface area contributed by atoms with Gasteiger partial charge in [0.25, 0.3) is 0 Å². The van der Waals surface area contributed by atoms with Crippen LogP contribution in [0.25, 0.3) is 11.1 Å².